The van der Waals surface area contributed by atoms with Crippen LogP contribution < -0.4 is 0 Å². The van der Waals surface area contributed by atoms with Gasteiger partial charge in [-0.15, -0.1) is 34.8 Å². The van der Waals surface area contributed by atoms with Crippen molar-refractivity contribution in [3.63, 3.8) is 0 Å². The van der Waals surface area contributed by atoms with Gasteiger partial charge >= 0.3 is 5.97 Å². The van der Waals surface area contributed by atoms with Gasteiger partial charge in [0, 0.05) is 5.38 Å². The fourth-order valence-electron chi connectivity index (χ4n) is 2.43. The average Bonchev–Trinajstić information content (AvgIpc) is 2.40. The molecule has 0 spiro atoms. The van der Waals surface area contributed by atoms with E-state index >= 15 is 0 Å². The van der Waals surface area contributed by atoms with E-state index in [0.717, 1.165) is 11.1 Å². The molecule has 0 aliphatic rings. The molecule has 6 heteroatoms. The fraction of sp³-hybridized carbons (Fsp3) is 0.533. The van der Waals surface area contributed by atoms with E-state index in [2.05, 4.69) is 4.29 Å². The summed E-state index contributed by atoms with van der Waals surface area (Å²) in [5, 5.41) is -0.419. The smallest absolute Gasteiger partial charge is 0.332 e. The van der Waals surface area contributed by atoms with E-state index < -0.39 is 27.5 Å². The first kappa shape index (κ1) is 18.9. The maximum atomic E-state index is 12.2. The first-order valence-corrected chi connectivity index (χ1v) is 8.13. The van der Waals surface area contributed by atoms with Crippen molar-refractivity contribution < 1.29 is 9.08 Å². The van der Waals surface area contributed by atoms with Gasteiger partial charge in [0.2, 0.25) is 0 Å². The van der Waals surface area contributed by atoms with E-state index in [-0.39, 0.29) is 0 Å². The molecule has 0 aromatic heterocycles. The number of alkyl halides is 3. The zero-order chi connectivity index (χ0) is 16.2. The normalized spacial score (nSPS) is 14.9. The Kier molecular flexibility index (Phi) is 7.12. The largest absolute Gasteiger partial charge is 0.347 e. The highest BCUT2D eigenvalue weighted by Crippen LogP contribution is 2.45. The summed E-state index contributed by atoms with van der Waals surface area (Å²) in [6.45, 7) is 5.69. The topological polar surface area (TPSA) is 26.3 Å². The summed E-state index contributed by atoms with van der Waals surface area (Å²) < 4.78 is 4.47. The minimum Gasteiger partial charge on any atom is -0.347 e. The highest BCUT2D eigenvalue weighted by molar-refractivity contribution is 6.44. The lowest BCUT2D eigenvalue weighted by Gasteiger charge is -2.37. The summed E-state index contributed by atoms with van der Waals surface area (Å²) in [4.78, 5) is 11.6. The van der Waals surface area contributed by atoms with Gasteiger partial charge in [-0.1, -0.05) is 38.1 Å². The lowest BCUT2D eigenvalue weighted by atomic mass is 9.71. The standard InChI is InChI=1S/C15H18Cl4O2/c1-9-6-4-5-7-10(9)13(14(20)21-19)15(2,3)11(16)8-12(17)18/h4-7,11-13H,8H2,1-3H3. The van der Waals surface area contributed by atoms with Crippen LogP contribution in [0.2, 0.25) is 0 Å². The first-order chi connectivity index (χ1) is 9.71. The minimum atomic E-state index is -0.637. The number of aryl methyl sites for hydroxylation is 1. The van der Waals surface area contributed by atoms with Crippen LogP contribution in [0.3, 0.4) is 0 Å². The lowest BCUT2D eigenvalue weighted by Crippen LogP contribution is -2.38. The Balaban J connectivity index is 3.25. The van der Waals surface area contributed by atoms with E-state index in [1.165, 1.54) is 0 Å². The molecular formula is C15H18Cl4O2. The zero-order valence-corrected chi connectivity index (χ0v) is 15.1. The molecule has 0 fully saturated rings. The highest BCUT2D eigenvalue weighted by Gasteiger charge is 2.43. The predicted octanol–water partition coefficient (Wildman–Crippen LogP) is 5.60. The van der Waals surface area contributed by atoms with Crippen LogP contribution in [-0.2, 0) is 9.08 Å². The molecule has 21 heavy (non-hydrogen) atoms. The van der Waals surface area contributed by atoms with Crippen molar-refractivity contribution in [3.05, 3.63) is 35.4 Å². The molecule has 2 atom stereocenters. The Morgan fingerprint density at radius 3 is 2.29 bits per heavy atom. The zero-order valence-electron chi connectivity index (χ0n) is 12.1. The van der Waals surface area contributed by atoms with Crippen molar-refractivity contribution in [1.82, 2.24) is 0 Å². The Bertz CT molecular complexity index is 488. The SMILES string of the molecule is Cc1ccccc1C(C(=O)OCl)C(C)(C)C(Cl)CC(Cl)Cl. The van der Waals surface area contributed by atoms with Crippen molar-refractivity contribution in [2.24, 2.45) is 5.41 Å². The van der Waals surface area contributed by atoms with Crippen LogP contribution >= 0.6 is 46.7 Å². The van der Waals surface area contributed by atoms with Crippen LogP contribution in [0.1, 0.15) is 37.3 Å². The average molecular weight is 372 g/mol. The molecule has 0 saturated heterocycles. The fourth-order valence-corrected chi connectivity index (χ4v) is 3.36. The van der Waals surface area contributed by atoms with Gasteiger partial charge in [0.1, 0.15) is 16.7 Å². The van der Waals surface area contributed by atoms with Crippen molar-refractivity contribution >= 4 is 52.6 Å². The Morgan fingerprint density at radius 2 is 1.81 bits per heavy atom. The summed E-state index contributed by atoms with van der Waals surface area (Å²) in [7, 11) is 0. The van der Waals surface area contributed by atoms with Gasteiger partial charge in [-0.25, -0.2) is 4.79 Å². The van der Waals surface area contributed by atoms with Gasteiger partial charge in [0.05, 0.1) is 5.92 Å². The Hall–Kier alpha value is -0.150. The van der Waals surface area contributed by atoms with Crippen LogP contribution in [-0.4, -0.2) is 16.2 Å². The van der Waals surface area contributed by atoms with Gasteiger partial charge in [-0.05, 0) is 29.9 Å². The summed E-state index contributed by atoms with van der Waals surface area (Å²) in [5.41, 5.74) is 1.16. The maximum Gasteiger partial charge on any atom is 0.332 e. The Morgan fingerprint density at radius 1 is 1.24 bits per heavy atom. The van der Waals surface area contributed by atoms with Crippen molar-refractivity contribution in [1.29, 1.82) is 0 Å². The van der Waals surface area contributed by atoms with Crippen molar-refractivity contribution in [2.45, 2.75) is 43.3 Å². The van der Waals surface area contributed by atoms with Crippen molar-refractivity contribution in [3.8, 4) is 0 Å². The van der Waals surface area contributed by atoms with Crippen LogP contribution in [0.5, 0.6) is 0 Å². The van der Waals surface area contributed by atoms with Crippen LogP contribution in [0.25, 0.3) is 0 Å². The van der Waals surface area contributed by atoms with E-state index in [9.17, 15) is 4.79 Å². The molecule has 0 saturated carbocycles. The van der Waals surface area contributed by atoms with E-state index in [1.54, 1.807) is 0 Å². The van der Waals surface area contributed by atoms with Gasteiger partial charge < -0.3 is 4.29 Å². The molecule has 1 rings (SSSR count). The second kappa shape index (κ2) is 7.92. The lowest BCUT2D eigenvalue weighted by molar-refractivity contribution is -0.138. The molecule has 0 heterocycles. The predicted molar refractivity (Wildman–Crippen MR) is 89.4 cm³/mol. The Labute approximate surface area is 145 Å². The van der Waals surface area contributed by atoms with Gasteiger partial charge in [-0.2, -0.15) is 0 Å². The second-order valence-corrected chi connectivity index (χ2v) is 7.56. The maximum absolute atomic E-state index is 12.2. The summed E-state index contributed by atoms with van der Waals surface area (Å²) in [5.74, 6) is -1.15. The molecule has 0 aliphatic carbocycles. The quantitative estimate of drug-likeness (QED) is 0.608. The third-order valence-electron chi connectivity index (χ3n) is 3.75. The second-order valence-electron chi connectivity index (χ2n) is 5.60. The number of halogens is 4. The molecule has 0 amide bonds. The van der Waals surface area contributed by atoms with E-state index in [0.29, 0.717) is 6.42 Å². The molecular weight excluding hydrogens is 354 g/mol. The highest BCUT2D eigenvalue weighted by atomic mass is 35.5. The molecule has 0 N–H and O–H groups in total. The molecule has 2 nitrogen and oxygen atoms in total. The molecule has 1 aromatic carbocycles. The number of hydrogen-bond acceptors (Lipinski definition) is 2. The van der Waals surface area contributed by atoms with Gasteiger partial charge in [-0.3, -0.25) is 0 Å². The number of benzene rings is 1. The van der Waals surface area contributed by atoms with Crippen LogP contribution in [0.4, 0.5) is 0 Å². The molecule has 0 radical (unpaired) electrons. The third kappa shape index (κ3) is 4.66. The minimum absolute atomic E-state index is 0.357. The molecule has 0 aliphatic heterocycles. The number of hydrogen-bond donors (Lipinski definition) is 0. The summed E-state index contributed by atoms with van der Waals surface area (Å²) in [6, 6.07) is 7.57. The van der Waals surface area contributed by atoms with E-state index in [1.807, 2.05) is 45.0 Å². The van der Waals surface area contributed by atoms with E-state index in [4.69, 9.17) is 46.7 Å². The van der Waals surface area contributed by atoms with Gasteiger partial charge in [0.15, 0.2) is 0 Å². The molecule has 0 bridgehead atoms. The number of carbonyl (C=O) groups excluding carboxylic acids is 1. The first-order valence-electron chi connectivity index (χ1n) is 6.52. The summed E-state index contributed by atoms with van der Waals surface area (Å²) in [6.07, 6.45) is 0.357. The van der Waals surface area contributed by atoms with Crippen LogP contribution in [0, 0.1) is 12.3 Å². The van der Waals surface area contributed by atoms with Crippen LogP contribution in [0.15, 0.2) is 24.3 Å². The van der Waals surface area contributed by atoms with Crippen molar-refractivity contribution in [2.75, 3.05) is 0 Å². The third-order valence-corrected chi connectivity index (χ3v) is 5.00. The molecule has 1 aromatic rings. The van der Waals surface area contributed by atoms with Gasteiger partial charge in [0.25, 0.3) is 0 Å². The number of carbonyl (C=O) groups is 1. The molecule has 2 unspecified atom stereocenters. The number of rotatable bonds is 6. The monoisotopic (exact) mass is 370 g/mol. The molecule has 118 valence electrons. The summed E-state index contributed by atoms with van der Waals surface area (Å²) >= 11 is 23.4.